The van der Waals surface area contributed by atoms with E-state index in [2.05, 4.69) is 20.0 Å². The Balaban J connectivity index is 2.17. The molecule has 1 aliphatic rings. The molecule has 0 aliphatic carbocycles. The fourth-order valence-electron chi connectivity index (χ4n) is 1.51. The molecular weight excluding hydrogens is 182 g/mol. The number of ether oxygens (including phenoxy) is 1. The number of nitrogens with one attached hydrogen (secondary N) is 1. The molecule has 74 valence electrons. The molecule has 1 aromatic heterocycles. The van der Waals surface area contributed by atoms with Crippen molar-refractivity contribution in [3.8, 4) is 0 Å². The van der Waals surface area contributed by atoms with E-state index in [-0.39, 0.29) is 12.0 Å². The lowest BCUT2D eigenvalue weighted by Crippen LogP contribution is -2.43. The molecule has 0 saturated heterocycles. The molecule has 0 bridgehead atoms. The van der Waals surface area contributed by atoms with Crippen molar-refractivity contribution in [3.05, 3.63) is 23.8 Å². The van der Waals surface area contributed by atoms with Gasteiger partial charge < -0.3 is 4.74 Å². The standard InChI is InChI=1S/C9H11N3O2/c1-14-9(13)7-4-6-8(5-12-7)11-3-2-10-6/h2-3,7,12H,4-5H2,1H3/t7-/m0/s1. The molecule has 5 nitrogen and oxygen atoms in total. The van der Waals surface area contributed by atoms with Crippen LogP contribution in [0.3, 0.4) is 0 Å². The van der Waals surface area contributed by atoms with Gasteiger partial charge in [0.15, 0.2) is 0 Å². The summed E-state index contributed by atoms with van der Waals surface area (Å²) in [6, 6.07) is -0.288. The van der Waals surface area contributed by atoms with Gasteiger partial charge in [-0.25, -0.2) is 0 Å². The number of aromatic nitrogens is 2. The van der Waals surface area contributed by atoms with E-state index < -0.39 is 0 Å². The molecular formula is C9H11N3O2. The van der Waals surface area contributed by atoms with E-state index in [0.29, 0.717) is 13.0 Å². The van der Waals surface area contributed by atoms with Crippen LogP contribution < -0.4 is 5.32 Å². The van der Waals surface area contributed by atoms with Crippen LogP contribution in [0.4, 0.5) is 0 Å². The van der Waals surface area contributed by atoms with Crippen LogP contribution in [0.15, 0.2) is 12.4 Å². The second kappa shape index (κ2) is 3.71. The van der Waals surface area contributed by atoms with E-state index in [1.807, 2.05) is 0 Å². The number of hydrogen-bond acceptors (Lipinski definition) is 5. The Bertz CT molecular complexity index is 354. The number of carbonyl (C=O) groups is 1. The van der Waals surface area contributed by atoms with Gasteiger partial charge in [0, 0.05) is 25.4 Å². The summed E-state index contributed by atoms with van der Waals surface area (Å²) >= 11 is 0. The zero-order chi connectivity index (χ0) is 9.97. The van der Waals surface area contributed by atoms with Gasteiger partial charge in [-0.2, -0.15) is 0 Å². The van der Waals surface area contributed by atoms with Crippen LogP contribution in [0.5, 0.6) is 0 Å². The van der Waals surface area contributed by atoms with Crippen LogP contribution in [0.1, 0.15) is 11.4 Å². The van der Waals surface area contributed by atoms with Gasteiger partial charge >= 0.3 is 5.97 Å². The van der Waals surface area contributed by atoms with Crippen LogP contribution >= 0.6 is 0 Å². The third-order valence-electron chi connectivity index (χ3n) is 2.26. The predicted molar refractivity (Wildman–Crippen MR) is 48.4 cm³/mol. The molecule has 0 fully saturated rings. The van der Waals surface area contributed by atoms with Crippen molar-refractivity contribution in [2.24, 2.45) is 0 Å². The van der Waals surface area contributed by atoms with Gasteiger partial charge in [-0.1, -0.05) is 0 Å². The third-order valence-corrected chi connectivity index (χ3v) is 2.26. The minimum Gasteiger partial charge on any atom is -0.468 e. The lowest BCUT2D eigenvalue weighted by molar-refractivity contribution is -0.143. The second-order valence-corrected chi connectivity index (χ2v) is 3.11. The highest BCUT2D eigenvalue weighted by Gasteiger charge is 2.25. The molecule has 0 amide bonds. The van der Waals surface area contributed by atoms with E-state index in [9.17, 15) is 4.79 Å². The van der Waals surface area contributed by atoms with Crippen molar-refractivity contribution in [3.63, 3.8) is 0 Å². The molecule has 0 spiro atoms. The van der Waals surface area contributed by atoms with Crippen molar-refractivity contribution in [1.29, 1.82) is 0 Å². The van der Waals surface area contributed by atoms with Crippen LogP contribution in [-0.2, 0) is 22.5 Å². The van der Waals surface area contributed by atoms with Crippen molar-refractivity contribution in [2.45, 2.75) is 19.0 Å². The number of rotatable bonds is 1. The fraction of sp³-hybridized carbons (Fsp3) is 0.444. The number of hydrogen-bond donors (Lipinski definition) is 1. The number of nitrogens with zero attached hydrogens (tertiary/aromatic N) is 2. The monoisotopic (exact) mass is 193 g/mol. The average Bonchev–Trinajstić information content (AvgIpc) is 2.27. The van der Waals surface area contributed by atoms with Crippen LogP contribution in [0.2, 0.25) is 0 Å². The predicted octanol–water partition coefficient (Wildman–Crippen LogP) is -0.336. The summed E-state index contributed by atoms with van der Waals surface area (Å²) in [6.07, 6.45) is 3.84. The number of methoxy groups -OCH3 is 1. The maximum atomic E-state index is 11.2. The Hall–Kier alpha value is -1.49. The van der Waals surface area contributed by atoms with E-state index in [1.165, 1.54) is 7.11 Å². The van der Waals surface area contributed by atoms with Crippen molar-refractivity contribution >= 4 is 5.97 Å². The molecule has 1 aromatic rings. The number of carbonyl (C=O) groups excluding carboxylic acids is 1. The summed E-state index contributed by atoms with van der Waals surface area (Å²) in [7, 11) is 1.39. The maximum Gasteiger partial charge on any atom is 0.323 e. The Kier molecular flexibility index (Phi) is 2.41. The first-order valence-electron chi connectivity index (χ1n) is 4.41. The minimum atomic E-state index is -0.288. The van der Waals surface area contributed by atoms with Crippen LogP contribution in [0, 0.1) is 0 Å². The highest BCUT2D eigenvalue weighted by atomic mass is 16.5. The first kappa shape index (κ1) is 9.08. The first-order chi connectivity index (χ1) is 6.81. The van der Waals surface area contributed by atoms with Gasteiger partial charge in [0.2, 0.25) is 0 Å². The lowest BCUT2D eigenvalue weighted by atomic mass is 10.1. The van der Waals surface area contributed by atoms with Gasteiger partial charge in [0.25, 0.3) is 0 Å². The fourth-order valence-corrected chi connectivity index (χ4v) is 1.51. The quantitative estimate of drug-likeness (QED) is 0.618. The van der Waals surface area contributed by atoms with Crippen molar-refractivity contribution < 1.29 is 9.53 Å². The van der Waals surface area contributed by atoms with Gasteiger partial charge in [-0.15, -0.1) is 0 Å². The minimum absolute atomic E-state index is 0.249. The Morgan fingerprint density at radius 2 is 2.21 bits per heavy atom. The Morgan fingerprint density at radius 3 is 2.93 bits per heavy atom. The molecule has 0 aromatic carbocycles. The second-order valence-electron chi connectivity index (χ2n) is 3.11. The molecule has 1 atom stereocenters. The molecule has 2 rings (SSSR count). The highest BCUT2D eigenvalue weighted by molar-refractivity contribution is 5.76. The average molecular weight is 193 g/mol. The van der Waals surface area contributed by atoms with E-state index in [0.717, 1.165) is 11.4 Å². The maximum absolute atomic E-state index is 11.2. The zero-order valence-electron chi connectivity index (χ0n) is 7.86. The Labute approximate surface area is 81.5 Å². The number of esters is 1. The molecule has 0 unspecified atom stereocenters. The normalized spacial score (nSPS) is 19.9. The summed E-state index contributed by atoms with van der Waals surface area (Å²) in [5, 5.41) is 3.05. The van der Waals surface area contributed by atoms with Crippen molar-refractivity contribution in [1.82, 2.24) is 15.3 Å². The van der Waals surface area contributed by atoms with Crippen molar-refractivity contribution in [2.75, 3.05) is 7.11 Å². The van der Waals surface area contributed by atoms with Crippen LogP contribution in [-0.4, -0.2) is 29.1 Å². The van der Waals surface area contributed by atoms with Gasteiger partial charge in [-0.3, -0.25) is 20.1 Å². The smallest absolute Gasteiger partial charge is 0.323 e. The van der Waals surface area contributed by atoms with E-state index in [4.69, 9.17) is 0 Å². The SMILES string of the molecule is COC(=O)[C@@H]1Cc2nccnc2CN1. The molecule has 2 heterocycles. The first-order valence-corrected chi connectivity index (χ1v) is 4.41. The summed E-state index contributed by atoms with van der Waals surface area (Å²) in [5.74, 6) is -0.249. The third kappa shape index (κ3) is 1.58. The molecule has 5 heteroatoms. The summed E-state index contributed by atoms with van der Waals surface area (Å²) in [5.41, 5.74) is 1.79. The molecule has 1 aliphatic heterocycles. The summed E-state index contributed by atoms with van der Waals surface area (Å²) in [6.45, 7) is 0.572. The largest absolute Gasteiger partial charge is 0.468 e. The molecule has 0 saturated carbocycles. The topological polar surface area (TPSA) is 64.1 Å². The summed E-state index contributed by atoms with van der Waals surface area (Å²) in [4.78, 5) is 19.6. The summed E-state index contributed by atoms with van der Waals surface area (Å²) < 4.78 is 4.66. The van der Waals surface area contributed by atoms with Gasteiger partial charge in [0.1, 0.15) is 6.04 Å². The Morgan fingerprint density at radius 1 is 1.50 bits per heavy atom. The highest BCUT2D eigenvalue weighted by Crippen LogP contribution is 2.11. The zero-order valence-corrected chi connectivity index (χ0v) is 7.86. The molecule has 0 radical (unpaired) electrons. The molecule has 1 N–H and O–H groups in total. The van der Waals surface area contributed by atoms with Crippen LogP contribution in [0.25, 0.3) is 0 Å². The lowest BCUT2D eigenvalue weighted by Gasteiger charge is -2.21. The van der Waals surface area contributed by atoms with E-state index >= 15 is 0 Å². The number of fused-ring (bicyclic) bond motifs is 1. The van der Waals surface area contributed by atoms with E-state index in [1.54, 1.807) is 12.4 Å². The molecule has 14 heavy (non-hydrogen) atoms. The van der Waals surface area contributed by atoms with Gasteiger partial charge in [-0.05, 0) is 0 Å². The van der Waals surface area contributed by atoms with Gasteiger partial charge in [0.05, 0.1) is 18.5 Å².